The van der Waals surface area contributed by atoms with Gasteiger partial charge in [0.15, 0.2) is 0 Å². The van der Waals surface area contributed by atoms with Gasteiger partial charge in [-0.2, -0.15) is 0 Å². The third kappa shape index (κ3) is 3.67. The van der Waals surface area contributed by atoms with Crippen molar-refractivity contribution in [2.75, 3.05) is 19.1 Å². The van der Waals surface area contributed by atoms with E-state index < -0.39 is 23.5 Å². The first-order chi connectivity index (χ1) is 15.9. The minimum atomic E-state index is -0.979. The second-order valence-electron chi connectivity index (χ2n) is 7.61. The highest BCUT2D eigenvalue weighted by Crippen LogP contribution is 2.46. The van der Waals surface area contributed by atoms with Crippen LogP contribution in [0.3, 0.4) is 0 Å². The van der Waals surface area contributed by atoms with Crippen LogP contribution in [0, 0.1) is 6.92 Å². The van der Waals surface area contributed by atoms with E-state index in [9.17, 15) is 19.8 Å². The van der Waals surface area contributed by atoms with Crippen LogP contribution in [-0.2, 0) is 9.59 Å². The molecule has 168 valence electrons. The number of anilines is 1. The number of nitrogens with zero attached hydrogens (tertiary/aromatic N) is 1. The zero-order valence-electron chi connectivity index (χ0n) is 18.4. The van der Waals surface area contributed by atoms with Crippen LogP contribution in [0.4, 0.5) is 5.69 Å². The van der Waals surface area contributed by atoms with E-state index in [-0.39, 0.29) is 34.1 Å². The molecule has 1 heterocycles. The molecule has 1 fully saturated rings. The number of hydrogen-bond donors (Lipinski definition) is 2. The highest BCUT2D eigenvalue weighted by atomic mass is 16.5. The summed E-state index contributed by atoms with van der Waals surface area (Å²) < 4.78 is 10.8. The van der Waals surface area contributed by atoms with Gasteiger partial charge in [0.1, 0.15) is 28.6 Å². The molecule has 3 aromatic rings. The highest BCUT2D eigenvalue weighted by Gasteiger charge is 2.48. The van der Waals surface area contributed by atoms with Gasteiger partial charge in [0.2, 0.25) is 0 Å². The number of methoxy groups -OCH3 is 2. The third-order valence-corrected chi connectivity index (χ3v) is 5.61. The Bertz CT molecular complexity index is 1260. The normalized spacial score (nSPS) is 17.3. The van der Waals surface area contributed by atoms with Crippen molar-refractivity contribution in [3.63, 3.8) is 0 Å². The number of aromatic hydroxyl groups is 1. The van der Waals surface area contributed by atoms with Crippen molar-refractivity contribution < 1.29 is 29.3 Å². The molecule has 1 aliphatic rings. The van der Waals surface area contributed by atoms with Crippen LogP contribution in [0.15, 0.2) is 72.3 Å². The summed E-state index contributed by atoms with van der Waals surface area (Å²) in [5.41, 5.74) is 1.71. The molecular formula is C26H23NO6. The molecule has 0 radical (unpaired) electrons. The summed E-state index contributed by atoms with van der Waals surface area (Å²) >= 11 is 0. The van der Waals surface area contributed by atoms with Gasteiger partial charge in [-0.25, -0.2) is 0 Å². The average Bonchev–Trinajstić information content (AvgIpc) is 3.08. The van der Waals surface area contributed by atoms with Crippen LogP contribution >= 0.6 is 0 Å². The summed E-state index contributed by atoms with van der Waals surface area (Å²) in [7, 11) is 2.87. The molecule has 1 saturated heterocycles. The summed E-state index contributed by atoms with van der Waals surface area (Å²) in [5.74, 6) is -1.76. The Morgan fingerprint density at radius 2 is 1.55 bits per heavy atom. The lowest BCUT2D eigenvalue weighted by Gasteiger charge is -2.26. The third-order valence-electron chi connectivity index (χ3n) is 5.61. The van der Waals surface area contributed by atoms with E-state index in [1.165, 1.54) is 25.2 Å². The number of phenols is 1. The second-order valence-corrected chi connectivity index (χ2v) is 7.61. The number of aryl methyl sites for hydroxylation is 1. The van der Waals surface area contributed by atoms with Crippen molar-refractivity contribution in [3.05, 3.63) is 89.0 Å². The molecule has 1 unspecified atom stereocenters. The smallest absolute Gasteiger partial charge is 0.300 e. The maximum atomic E-state index is 13.3. The van der Waals surface area contributed by atoms with E-state index in [2.05, 4.69) is 0 Å². The van der Waals surface area contributed by atoms with Gasteiger partial charge >= 0.3 is 0 Å². The first kappa shape index (κ1) is 22.0. The number of para-hydroxylation sites is 2. The van der Waals surface area contributed by atoms with Crippen molar-refractivity contribution in [2.45, 2.75) is 13.0 Å². The van der Waals surface area contributed by atoms with Gasteiger partial charge in [-0.3, -0.25) is 14.5 Å². The number of Topliss-reactive ketones (excluding diaryl/α,β-unsaturated/α-hetero) is 1. The summed E-state index contributed by atoms with van der Waals surface area (Å²) in [6.45, 7) is 1.89. The molecule has 1 amide bonds. The predicted octanol–water partition coefficient (Wildman–Crippen LogP) is 4.34. The maximum Gasteiger partial charge on any atom is 0.300 e. The first-order valence-electron chi connectivity index (χ1n) is 10.3. The van der Waals surface area contributed by atoms with Crippen LogP contribution in [0.5, 0.6) is 17.2 Å². The number of ketones is 1. The Hall–Kier alpha value is -4.26. The molecular weight excluding hydrogens is 422 g/mol. The van der Waals surface area contributed by atoms with Crippen molar-refractivity contribution in [2.24, 2.45) is 0 Å². The first-order valence-corrected chi connectivity index (χ1v) is 10.3. The van der Waals surface area contributed by atoms with Crippen LogP contribution in [0.25, 0.3) is 5.76 Å². The number of amides is 1. The van der Waals surface area contributed by atoms with Crippen LogP contribution in [0.1, 0.15) is 22.7 Å². The van der Waals surface area contributed by atoms with Gasteiger partial charge in [0.05, 0.1) is 31.5 Å². The minimum absolute atomic E-state index is 0.128. The minimum Gasteiger partial charge on any atom is -0.506 e. The number of aliphatic hydroxyl groups is 1. The fraction of sp³-hybridized carbons (Fsp3) is 0.154. The predicted molar refractivity (Wildman–Crippen MR) is 124 cm³/mol. The zero-order valence-corrected chi connectivity index (χ0v) is 18.4. The Morgan fingerprint density at radius 1 is 0.909 bits per heavy atom. The fourth-order valence-corrected chi connectivity index (χ4v) is 4.12. The largest absolute Gasteiger partial charge is 0.506 e. The molecule has 4 rings (SSSR count). The molecule has 1 aliphatic heterocycles. The number of aliphatic hydroxyl groups excluding tert-OH is 1. The van der Waals surface area contributed by atoms with E-state index in [1.807, 2.05) is 19.1 Å². The van der Waals surface area contributed by atoms with Crippen LogP contribution in [0.2, 0.25) is 0 Å². The molecule has 3 aromatic carbocycles. The van der Waals surface area contributed by atoms with E-state index in [1.54, 1.807) is 48.5 Å². The molecule has 33 heavy (non-hydrogen) atoms. The number of benzene rings is 3. The lowest BCUT2D eigenvalue weighted by atomic mass is 9.93. The standard InChI is InChI=1S/C26H23NO6/c1-15-8-6-9-16(14-15)23-22(24(29)21-19(32-2)12-7-13-20(21)33-3)25(30)26(31)27(23)17-10-4-5-11-18(17)28/h4-14,23,28-29H,1-3H3/b24-22+. The van der Waals surface area contributed by atoms with E-state index in [0.29, 0.717) is 5.56 Å². The number of rotatable bonds is 5. The van der Waals surface area contributed by atoms with Crippen molar-refractivity contribution in [1.29, 1.82) is 0 Å². The molecule has 0 spiro atoms. The number of carbonyl (C=O) groups is 2. The Labute approximate surface area is 191 Å². The van der Waals surface area contributed by atoms with E-state index in [4.69, 9.17) is 9.47 Å². The Morgan fingerprint density at radius 3 is 2.15 bits per heavy atom. The van der Waals surface area contributed by atoms with Gasteiger partial charge in [-0.1, -0.05) is 48.0 Å². The number of hydrogen-bond acceptors (Lipinski definition) is 6. The van der Waals surface area contributed by atoms with Gasteiger partial charge in [0.25, 0.3) is 11.7 Å². The summed E-state index contributed by atoms with van der Waals surface area (Å²) in [5, 5.41) is 21.9. The van der Waals surface area contributed by atoms with E-state index in [0.717, 1.165) is 5.56 Å². The number of ether oxygens (including phenoxy) is 2. The van der Waals surface area contributed by atoms with Crippen molar-refractivity contribution in [1.82, 2.24) is 0 Å². The second kappa shape index (κ2) is 8.70. The zero-order chi connectivity index (χ0) is 23.7. The molecule has 0 saturated carbocycles. The summed E-state index contributed by atoms with van der Waals surface area (Å²) in [4.78, 5) is 27.8. The monoisotopic (exact) mass is 445 g/mol. The lowest BCUT2D eigenvalue weighted by molar-refractivity contribution is -0.132. The fourth-order valence-electron chi connectivity index (χ4n) is 4.12. The lowest BCUT2D eigenvalue weighted by Crippen LogP contribution is -2.29. The summed E-state index contributed by atoms with van der Waals surface area (Å²) in [6.07, 6.45) is 0. The van der Waals surface area contributed by atoms with Gasteiger partial charge < -0.3 is 19.7 Å². The van der Waals surface area contributed by atoms with Gasteiger partial charge in [-0.15, -0.1) is 0 Å². The van der Waals surface area contributed by atoms with Gasteiger partial charge in [-0.05, 0) is 36.8 Å². The van der Waals surface area contributed by atoms with Crippen molar-refractivity contribution >= 4 is 23.1 Å². The maximum absolute atomic E-state index is 13.3. The molecule has 0 aliphatic carbocycles. The highest BCUT2D eigenvalue weighted by molar-refractivity contribution is 6.52. The Kier molecular flexibility index (Phi) is 5.79. The molecule has 7 nitrogen and oxygen atoms in total. The van der Waals surface area contributed by atoms with Crippen molar-refractivity contribution in [3.8, 4) is 17.2 Å². The molecule has 0 aromatic heterocycles. The molecule has 2 N–H and O–H groups in total. The quantitative estimate of drug-likeness (QED) is 0.345. The topological polar surface area (TPSA) is 96.3 Å². The molecule has 1 atom stereocenters. The molecule has 7 heteroatoms. The average molecular weight is 445 g/mol. The van der Waals surface area contributed by atoms with Crippen LogP contribution in [-0.4, -0.2) is 36.1 Å². The Balaban J connectivity index is 2.04. The summed E-state index contributed by atoms with van der Waals surface area (Å²) in [6, 6.07) is 17.5. The van der Waals surface area contributed by atoms with Gasteiger partial charge in [0, 0.05) is 0 Å². The van der Waals surface area contributed by atoms with Crippen LogP contribution < -0.4 is 14.4 Å². The molecule has 0 bridgehead atoms. The SMILES string of the molecule is COc1cccc(OC)c1/C(O)=C1\C(=O)C(=O)N(c2ccccc2O)C1c1cccc(C)c1. The number of phenolic OH excluding ortho intramolecular Hbond substituents is 1. The van der Waals surface area contributed by atoms with E-state index >= 15 is 0 Å². The number of carbonyl (C=O) groups excluding carboxylic acids is 2.